The molecule has 0 radical (unpaired) electrons. The zero-order valence-electron chi connectivity index (χ0n) is 10.4. The lowest BCUT2D eigenvalue weighted by atomic mass is 9.93. The number of aromatic nitrogens is 3. The average Bonchev–Trinajstić information content (AvgIpc) is 2.97. The second-order valence-corrected chi connectivity index (χ2v) is 4.59. The van der Waals surface area contributed by atoms with Crippen LogP contribution in [0.5, 0.6) is 0 Å². The molecule has 1 atom stereocenters. The maximum absolute atomic E-state index is 12.1. The first kappa shape index (κ1) is 11.7. The molecule has 3 rings (SSSR count). The molecule has 2 aromatic rings. The van der Waals surface area contributed by atoms with Crippen molar-refractivity contribution in [3.8, 4) is 0 Å². The highest BCUT2D eigenvalue weighted by Gasteiger charge is 2.23. The molecule has 6 heteroatoms. The van der Waals surface area contributed by atoms with Crippen molar-refractivity contribution >= 4 is 11.6 Å². The van der Waals surface area contributed by atoms with Crippen molar-refractivity contribution in [3.63, 3.8) is 0 Å². The Morgan fingerprint density at radius 3 is 3.16 bits per heavy atom. The number of para-hydroxylation sites is 1. The summed E-state index contributed by atoms with van der Waals surface area (Å²) in [7, 11) is 0. The van der Waals surface area contributed by atoms with Crippen LogP contribution in [0.2, 0.25) is 0 Å². The largest absolute Gasteiger partial charge is 0.384 e. The van der Waals surface area contributed by atoms with Crippen LogP contribution in [0.3, 0.4) is 0 Å². The topological polar surface area (TPSA) is 82.7 Å². The van der Waals surface area contributed by atoms with Crippen molar-refractivity contribution in [1.82, 2.24) is 20.5 Å². The third kappa shape index (κ3) is 2.57. The molecule has 1 amide bonds. The zero-order chi connectivity index (χ0) is 13.1. The molecule has 19 heavy (non-hydrogen) atoms. The van der Waals surface area contributed by atoms with Crippen molar-refractivity contribution < 1.29 is 4.79 Å². The Bertz CT molecular complexity index is 566. The van der Waals surface area contributed by atoms with Crippen molar-refractivity contribution in [3.05, 3.63) is 42.0 Å². The molecular weight excluding hydrogens is 242 g/mol. The third-order valence-electron chi connectivity index (χ3n) is 3.29. The number of anilines is 1. The molecule has 1 aromatic carbocycles. The summed E-state index contributed by atoms with van der Waals surface area (Å²) in [4.78, 5) is 16.1. The Kier molecular flexibility index (Phi) is 3.14. The summed E-state index contributed by atoms with van der Waals surface area (Å²) in [5.74, 6) is 0.661. The first-order valence-electron chi connectivity index (χ1n) is 6.26. The standard InChI is InChI=1S/C13H15N5O/c19-13(15-7-12-16-8-17-18-12)10-5-9-3-1-2-4-11(9)14-6-10/h1-4,8,10,14H,5-7H2,(H,15,19)(H,16,17,18). The average molecular weight is 257 g/mol. The summed E-state index contributed by atoms with van der Waals surface area (Å²) in [6.07, 6.45) is 2.20. The van der Waals surface area contributed by atoms with E-state index in [4.69, 9.17) is 0 Å². The number of rotatable bonds is 3. The maximum Gasteiger partial charge on any atom is 0.225 e. The fourth-order valence-electron chi connectivity index (χ4n) is 2.26. The van der Waals surface area contributed by atoms with E-state index in [0.29, 0.717) is 18.9 Å². The number of nitrogens with one attached hydrogen (secondary N) is 3. The van der Waals surface area contributed by atoms with Gasteiger partial charge in [0, 0.05) is 12.2 Å². The molecule has 6 nitrogen and oxygen atoms in total. The minimum atomic E-state index is -0.0437. The van der Waals surface area contributed by atoms with E-state index in [1.54, 1.807) is 0 Å². The monoisotopic (exact) mass is 257 g/mol. The summed E-state index contributed by atoms with van der Waals surface area (Å²) in [5.41, 5.74) is 2.32. The van der Waals surface area contributed by atoms with Crippen LogP contribution in [0.15, 0.2) is 30.6 Å². The number of carbonyl (C=O) groups excluding carboxylic acids is 1. The van der Waals surface area contributed by atoms with Crippen molar-refractivity contribution in [2.75, 3.05) is 11.9 Å². The lowest BCUT2D eigenvalue weighted by Gasteiger charge is -2.25. The number of benzene rings is 1. The third-order valence-corrected chi connectivity index (χ3v) is 3.29. The normalized spacial score (nSPS) is 17.4. The molecule has 1 unspecified atom stereocenters. The predicted octanol–water partition coefficient (Wildman–Crippen LogP) is 0.705. The molecule has 1 aliphatic rings. The number of hydrogen-bond donors (Lipinski definition) is 3. The van der Waals surface area contributed by atoms with Gasteiger partial charge in [0.25, 0.3) is 0 Å². The van der Waals surface area contributed by atoms with Gasteiger partial charge in [-0.05, 0) is 18.1 Å². The smallest absolute Gasteiger partial charge is 0.225 e. The van der Waals surface area contributed by atoms with Gasteiger partial charge in [-0.3, -0.25) is 9.89 Å². The van der Waals surface area contributed by atoms with Gasteiger partial charge in [0.05, 0.1) is 12.5 Å². The number of hydrogen-bond acceptors (Lipinski definition) is 4. The zero-order valence-corrected chi connectivity index (χ0v) is 10.4. The second-order valence-electron chi connectivity index (χ2n) is 4.59. The quantitative estimate of drug-likeness (QED) is 0.756. The number of carbonyl (C=O) groups is 1. The van der Waals surface area contributed by atoms with Crippen LogP contribution in [-0.4, -0.2) is 27.6 Å². The highest BCUT2D eigenvalue weighted by Crippen LogP contribution is 2.24. The molecule has 3 N–H and O–H groups in total. The van der Waals surface area contributed by atoms with Gasteiger partial charge in [-0.1, -0.05) is 18.2 Å². The summed E-state index contributed by atoms with van der Waals surface area (Å²) in [6, 6.07) is 8.08. The van der Waals surface area contributed by atoms with Gasteiger partial charge in [-0.2, -0.15) is 5.10 Å². The fourth-order valence-corrected chi connectivity index (χ4v) is 2.26. The van der Waals surface area contributed by atoms with Crippen LogP contribution in [0.1, 0.15) is 11.4 Å². The number of H-pyrrole nitrogens is 1. The molecule has 1 aliphatic heterocycles. The van der Waals surface area contributed by atoms with Crippen LogP contribution in [0.4, 0.5) is 5.69 Å². The van der Waals surface area contributed by atoms with E-state index in [2.05, 4.69) is 31.9 Å². The van der Waals surface area contributed by atoms with Crippen LogP contribution in [-0.2, 0) is 17.8 Å². The summed E-state index contributed by atoms with van der Waals surface area (Å²) in [6.45, 7) is 1.05. The number of amides is 1. The Morgan fingerprint density at radius 1 is 1.42 bits per heavy atom. The summed E-state index contributed by atoms with van der Waals surface area (Å²) < 4.78 is 0. The highest BCUT2D eigenvalue weighted by molar-refractivity contribution is 5.80. The number of nitrogens with zero attached hydrogens (tertiary/aromatic N) is 2. The molecule has 98 valence electrons. The molecule has 0 aliphatic carbocycles. The van der Waals surface area contributed by atoms with E-state index in [9.17, 15) is 4.79 Å². The Morgan fingerprint density at radius 2 is 2.32 bits per heavy atom. The van der Waals surface area contributed by atoms with E-state index in [0.717, 1.165) is 12.1 Å². The lowest BCUT2D eigenvalue weighted by molar-refractivity contribution is -0.124. The second kappa shape index (κ2) is 5.09. The van der Waals surface area contributed by atoms with Gasteiger partial charge < -0.3 is 10.6 Å². The van der Waals surface area contributed by atoms with Gasteiger partial charge in [-0.25, -0.2) is 4.98 Å². The van der Waals surface area contributed by atoms with Crippen LogP contribution in [0.25, 0.3) is 0 Å². The highest BCUT2D eigenvalue weighted by atomic mass is 16.1. The molecule has 0 saturated carbocycles. The van der Waals surface area contributed by atoms with Gasteiger partial charge in [0.1, 0.15) is 12.2 Å². The summed E-state index contributed by atoms with van der Waals surface area (Å²) >= 11 is 0. The minimum Gasteiger partial charge on any atom is -0.384 e. The van der Waals surface area contributed by atoms with Crippen LogP contribution < -0.4 is 10.6 Å². The minimum absolute atomic E-state index is 0.0402. The molecule has 0 bridgehead atoms. The molecule has 1 aromatic heterocycles. The maximum atomic E-state index is 12.1. The first-order chi connectivity index (χ1) is 9.33. The van der Waals surface area contributed by atoms with Crippen LogP contribution >= 0.6 is 0 Å². The fraction of sp³-hybridized carbons (Fsp3) is 0.308. The molecule has 0 fully saturated rings. The lowest BCUT2D eigenvalue weighted by Crippen LogP contribution is -2.38. The first-order valence-corrected chi connectivity index (χ1v) is 6.26. The van der Waals surface area contributed by atoms with E-state index in [1.165, 1.54) is 11.9 Å². The van der Waals surface area contributed by atoms with Crippen LogP contribution in [0, 0.1) is 5.92 Å². The molecular formula is C13H15N5O. The molecule has 0 spiro atoms. The SMILES string of the molecule is O=C(NCc1ncn[nH]1)C1CNc2ccccc2C1. The van der Waals surface area contributed by atoms with Crippen molar-refractivity contribution in [2.24, 2.45) is 5.92 Å². The van der Waals surface area contributed by atoms with E-state index in [-0.39, 0.29) is 11.8 Å². The van der Waals surface area contributed by atoms with Gasteiger partial charge in [0.15, 0.2) is 0 Å². The summed E-state index contributed by atoms with van der Waals surface area (Å²) in [5, 5.41) is 12.6. The van der Waals surface area contributed by atoms with E-state index >= 15 is 0 Å². The number of fused-ring (bicyclic) bond motifs is 1. The Balaban J connectivity index is 1.60. The molecule has 0 saturated heterocycles. The Hall–Kier alpha value is -2.37. The van der Waals surface area contributed by atoms with Gasteiger partial charge in [0.2, 0.25) is 5.91 Å². The van der Waals surface area contributed by atoms with E-state index < -0.39 is 0 Å². The number of aromatic amines is 1. The predicted molar refractivity (Wildman–Crippen MR) is 70.4 cm³/mol. The van der Waals surface area contributed by atoms with Gasteiger partial charge in [-0.15, -0.1) is 0 Å². The Labute approximate surface area is 110 Å². The van der Waals surface area contributed by atoms with Crippen molar-refractivity contribution in [1.29, 1.82) is 0 Å². The van der Waals surface area contributed by atoms with E-state index in [1.807, 2.05) is 18.2 Å². The van der Waals surface area contributed by atoms with Crippen molar-refractivity contribution in [2.45, 2.75) is 13.0 Å². The van der Waals surface area contributed by atoms with Gasteiger partial charge >= 0.3 is 0 Å². The molecule has 2 heterocycles.